The van der Waals surface area contributed by atoms with Gasteiger partial charge in [-0.25, -0.2) is 0 Å². The first-order valence-corrected chi connectivity index (χ1v) is 4.89. The molecule has 0 saturated carbocycles. The van der Waals surface area contributed by atoms with Gasteiger partial charge in [0.05, 0.1) is 0 Å². The second-order valence-electron chi connectivity index (χ2n) is 3.53. The third-order valence-electron chi connectivity index (χ3n) is 2.61. The zero-order valence-corrected chi connectivity index (χ0v) is 7.79. The van der Waals surface area contributed by atoms with Crippen molar-refractivity contribution in [2.24, 2.45) is 5.73 Å². The topological polar surface area (TPSA) is 26.0 Å². The van der Waals surface area contributed by atoms with Crippen LogP contribution < -0.4 is 5.73 Å². The van der Waals surface area contributed by atoms with E-state index in [0.717, 1.165) is 31.4 Å². The summed E-state index contributed by atoms with van der Waals surface area (Å²) < 4.78 is 0. The lowest BCUT2D eigenvalue weighted by Crippen LogP contribution is -2.06. The monoisotopic (exact) mass is 173 g/mol. The number of hydrogen-bond acceptors (Lipinski definition) is 1. The maximum absolute atomic E-state index is 5.94. The van der Waals surface area contributed by atoms with E-state index >= 15 is 0 Å². The molecule has 2 N–H and O–H groups in total. The lowest BCUT2D eigenvalue weighted by atomic mass is 9.90. The molecule has 0 saturated heterocycles. The van der Waals surface area contributed by atoms with Gasteiger partial charge in [0.25, 0.3) is 0 Å². The molecule has 2 aliphatic rings. The second-order valence-corrected chi connectivity index (χ2v) is 3.53. The van der Waals surface area contributed by atoms with Crippen LogP contribution in [0.4, 0.5) is 0 Å². The Morgan fingerprint density at radius 3 is 2.62 bits per heavy atom. The molecule has 0 spiro atoms. The minimum atomic E-state index is 0.966. The molecule has 0 aliphatic heterocycles. The Balaban J connectivity index is 2.28. The normalized spacial score (nSPS) is 22.0. The first-order valence-electron chi connectivity index (χ1n) is 4.89. The molecule has 2 aliphatic carbocycles. The van der Waals surface area contributed by atoms with Gasteiger partial charge >= 0.3 is 0 Å². The zero-order valence-electron chi connectivity index (χ0n) is 7.79. The highest BCUT2D eigenvalue weighted by atomic mass is 14.6. The summed E-state index contributed by atoms with van der Waals surface area (Å²) in [6.07, 6.45) is 15.3. The highest BCUT2D eigenvalue weighted by Crippen LogP contribution is 2.28. The van der Waals surface area contributed by atoms with E-state index in [0.29, 0.717) is 0 Å². The van der Waals surface area contributed by atoms with Crippen LogP contribution in [0.15, 0.2) is 47.2 Å². The first-order chi connectivity index (χ1) is 6.38. The molecule has 0 amide bonds. The van der Waals surface area contributed by atoms with Crippen LogP contribution in [0, 0.1) is 0 Å². The van der Waals surface area contributed by atoms with Crippen molar-refractivity contribution in [2.75, 3.05) is 0 Å². The van der Waals surface area contributed by atoms with Crippen LogP contribution in [0.1, 0.15) is 25.7 Å². The van der Waals surface area contributed by atoms with Gasteiger partial charge in [0.1, 0.15) is 0 Å². The Bertz CT molecular complexity index is 316. The van der Waals surface area contributed by atoms with Gasteiger partial charge < -0.3 is 5.73 Å². The van der Waals surface area contributed by atoms with Crippen molar-refractivity contribution in [3.05, 3.63) is 47.2 Å². The molecule has 0 atom stereocenters. The largest absolute Gasteiger partial charge is 0.399 e. The van der Waals surface area contributed by atoms with Crippen molar-refractivity contribution in [3.8, 4) is 0 Å². The maximum atomic E-state index is 5.94. The molecule has 2 rings (SSSR count). The van der Waals surface area contributed by atoms with Crippen LogP contribution in [0.25, 0.3) is 0 Å². The van der Waals surface area contributed by atoms with Gasteiger partial charge in [0.15, 0.2) is 0 Å². The van der Waals surface area contributed by atoms with Gasteiger partial charge in [0.2, 0.25) is 0 Å². The molecular weight excluding hydrogens is 158 g/mol. The minimum Gasteiger partial charge on any atom is -0.399 e. The standard InChI is InChI=1S/C12H15N/c13-12-9-5-4-8-11(12)10-6-2-1-3-7-10/h1-2,5-6,9H,3-4,7-8,13H2. The third-order valence-corrected chi connectivity index (χ3v) is 2.61. The van der Waals surface area contributed by atoms with E-state index < -0.39 is 0 Å². The molecule has 0 aromatic heterocycles. The Kier molecular flexibility index (Phi) is 2.35. The van der Waals surface area contributed by atoms with Crippen molar-refractivity contribution in [2.45, 2.75) is 25.7 Å². The summed E-state index contributed by atoms with van der Waals surface area (Å²) in [5, 5.41) is 0. The Hall–Kier alpha value is -1.24. The van der Waals surface area contributed by atoms with E-state index in [1.807, 2.05) is 6.08 Å². The summed E-state index contributed by atoms with van der Waals surface area (Å²) in [5.41, 5.74) is 9.71. The van der Waals surface area contributed by atoms with Crippen molar-refractivity contribution in [1.82, 2.24) is 0 Å². The maximum Gasteiger partial charge on any atom is 0.0346 e. The van der Waals surface area contributed by atoms with Gasteiger partial charge in [-0.05, 0) is 42.9 Å². The smallest absolute Gasteiger partial charge is 0.0346 e. The quantitative estimate of drug-likeness (QED) is 0.648. The van der Waals surface area contributed by atoms with Crippen LogP contribution in [-0.2, 0) is 0 Å². The van der Waals surface area contributed by atoms with Gasteiger partial charge in [-0.1, -0.05) is 24.3 Å². The van der Waals surface area contributed by atoms with Crippen LogP contribution in [0.5, 0.6) is 0 Å². The summed E-state index contributed by atoms with van der Waals surface area (Å²) in [6.45, 7) is 0. The fraction of sp³-hybridized carbons (Fsp3) is 0.333. The molecule has 68 valence electrons. The summed E-state index contributed by atoms with van der Waals surface area (Å²) in [7, 11) is 0. The summed E-state index contributed by atoms with van der Waals surface area (Å²) in [6, 6.07) is 0. The molecule has 0 unspecified atom stereocenters. The molecule has 0 heterocycles. The minimum absolute atomic E-state index is 0.966. The van der Waals surface area contributed by atoms with Crippen molar-refractivity contribution in [3.63, 3.8) is 0 Å². The van der Waals surface area contributed by atoms with Crippen molar-refractivity contribution in [1.29, 1.82) is 0 Å². The molecule has 1 heteroatoms. The first kappa shape index (κ1) is 8.36. The predicted molar refractivity (Wildman–Crippen MR) is 56.0 cm³/mol. The van der Waals surface area contributed by atoms with E-state index in [4.69, 9.17) is 5.73 Å². The van der Waals surface area contributed by atoms with Crippen LogP contribution in [-0.4, -0.2) is 0 Å². The van der Waals surface area contributed by atoms with Crippen LogP contribution in [0.2, 0.25) is 0 Å². The van der Waals surface area contributed by atoms with E-state index in [-0.39, 0.29) is 0 Å². The van der Waals surface area contributed by atoms with Crippen molar-refractivity contribution < 1.29 is 0 Å². The molecule has 0 bridgehead atoms. The highest BCUT2D eigenvalue weighted by Gasteiger charge is 2.10. The second kappa shape index (κ2) is 3.65. The lowest BCUT2D eigenvalue weighted by molar-refractivity contribution is 0.881. The fourth-order valence-corrected chi connectivity index (χ4v) is 1.88. The summed E-state index contributed by atoms with van der Waals surface area (Å²) in [4.78, 5) is 0. The molecular formula is C12H15N. The fourth-order valence-electron chi connectivity index (χ4n) is 1.88. The van der Waals surface area contributed by atoms with Gasteiger partial charge in [-0.15, -0.1) is 0 Å². The van der Waals surface area contributed by atoms with E-state index in [9.17, 15) is 0 Å². The predicted octanol–water partition coefficient (Wildman–Crippen LogP) is 2.83. The number of nitrogens with two attached hydrogens (primary N) is 1. The SMILES string of the molecule is NC1=C(C2=CC=CCC2)CCC=C1. The summed E-state index contributed by atoms with van der Waals surface area (Å²) in [5.74, 6) is 0. The number of allylic oxidation sites excluding steroid dienone is 7. The highest BCUT2D eigenvalue weighted by molar-refractivity contribution is 5.43. The molecule has 1 nitrogen and oxygen atoms in total. The zero-order chi connectivity index (χ0) is 9.10. The van der Waals surface area contributed by atoms with Crippen molar-refractivity contribution >= 4 is 0 Å². The number of hydrogen-bond donors (Lipinski definition) is 1. The molecule has 0 fully saturated rings. The molecule has 13 heavy (non-hydrogen) atoms. The van der Waals surface area contributed by atoms with Gasteiger partial charge in [0, 0.05) is 5.70 Å². The Morgan fingerprint density at radius 1 is 1.08 bits per heavy atom. The Morgan fingerprint density at radius 2 is 1.92 bits per heavy atom. The number of rotatable bonds is 1. The third kappa shape index (κ3) is 1.74. The summed E-state index contributed by atoms with van der Waals surface area (Å²) >= 11 is 0. The van der Waals surface area contributed by atoms with Crippen LogP contribution >= 0.6 is 0 Å². The Labute approximate surface area is 79.3 Å². The molecule has 0 radical (unpaired) electrons. The lowest BCUT2D eigenvalue weighted by Gasteiger charge is -2.17. The van der Waals surface area contributed by atoms with Crippen LogP contribution in [0.3, 0.4) is 0 Å². The average Bonchev–Trinajstić information content (AvgIpc) is 2.20. The average molecular weight is 173 g/mol. The van der Waals surface area contributed by atoms with Gasteiger partial charge in [-0.2, -0.15) is 0 Å². The van der Waals surface area contributed by atoms with E-state index in [1.165, 1.54) is 11.1 Å². The van der Waals surface area contributed by atoms with Gasteiger partial charge in [-0.3, -0.25) is 0 Å². The molecule has 0 aromatic carbocycles. The van der Waals surface area contributed by atoms with E-state index in [1.54, 1.807) is 0 Å². The van der Waals surface area contributed by atoms with E-state index in [2.05, 4.69) is 24.3 Å². The molecule has 0 aromatic rings.